The third-order valence-corrected chi connectivity index (χ3v) is 5.05. The summed E-state index contributed by atoms with van der Waals surface area (Å²) >= 11 is 1.47. The lowest BCUT2D eigenvalue weighted by Gasteiger charge is -2.05. The first-order chi connectivity index (χ1) is 10.0. The summed E-state index contributed by atoms with van der Waals surface area (Å²) in [5.41, 5.74) is 0.590. The largest absolute Gasteiger partial charge is 0.555 e. The molecule has 0 fully saturated rings. The highest BCUT2D eigenvalue weighted by atomic mass is 32.2. The van der Waals surface area contributed by atoms with Gasteiger partial charge in [-0.05, 0) is 29.2 Å². The van der Waals surface area contributed by atoms with Crippen molar-refractivity contribution >= 4 is 30.8 Å². The first-order valence-corrected chi connectivity index (χ1v) is 8.05. The van der Waals surface area contributed by atoms with Gasteiger partial charge < -0.3 is 0 Å². The second-order valence-electron chi connectivity index (χ2n) is 4.22. The van der Waals surface area contributed by atoms with E-state index in [0.29, 0.717) is 0 Å². The Hall–Kier alpha value is -1.75. The van der Waals surface area contributed by atoms with E-state index in [1.165, 1.54) is 24.9 Å². The standard InChI is InChI=1S/C14H13NO4PS/c1-10-8-12(15(16)17)13(20(18)19-2)9-14(10)21-11-6-4-3-5-7-11/h3-9H,1-2H3/q+1. The second-order valence-corrected chi connectivity index (χ2v) is 6.69. The molecule has 0 amide bonds. The van der Waals surface area contributed by atoms with Gasteiger partial charge in [-0.15, -0.1) is 4.52 Å². The van der Waals surface area contributed by atoms with E-state index in [1.807, 2.05) is 30.3 Å². The van der Waals surface area contributed by atoms with Crippen molar-refractivity contribution in [2.24, 2.45) is 0 Å². The maximum atomic E-state index is 11.9. The summed E-state index contributed by atoms with van der Waals surface area (Å²) < 4.78 is 16.6. The highest BCUT2D eigenvalue weighted by Crippen LogP contribution is 2.35. The molecule has 7 heteroatoms. The molecule has 0 saturated carbocycles. The van der Waals surface area contributed by atoms with Gasteiger partial charge in [0.2, 0.25) is 0 Å². The predicted molar refractivity (Wildman–Crippen MR) is 82.6 cm³/mol. The van der Waals surface area contributed by atoms with Gasteiger partial charge in [-0.1, -0.05) is 30.0 Å². The van der Waals surface area contributed by atoms with E-state index in [0.717, 1.165) is 15.4 Å². The molecule has 0 radical (unpaired) electrons. The van der Waals surface area contributed by atoms with Crippen LogP contribution in [0.25, 0.3) is 0 Å². The minimum atomic E-state index is -2.23. The van der Waals surface area contributed by atoms with E-state index in [4.69, 9.17) is 4.52 Å². The van der Waals surface area contributed by atoms with Gasteiger partial charge in [0.1, 0.15) is 0 Å². The van der Waals surface area contributed by atoms with E-state index in [9.17, 15) is 14.7 Å². The van der Waals surface area contributed by atoms with Crippen molar-refractivity contribution in [1.29, 1.82) is 0 Å². The van der Waals surface area contributed by atoms with E-state index < -0.39 is 13.0 Å². The number of aryl methyl sites for hydroxylation is 1. The molecular weight excluding hydrogens is 309 g/mol. The SMILES string of the molecule is CO[P+](=O)c1cc(Sc2ccccc2)c(C)cc1[N+](=O)[O-]. The lowest BCUT2D eigenvalue weighted by atomic mass is 10.2. The summed E-state index contributed by atoms with van der Waals surface area (Å²) in [7, 11) is -0.965. The Morgan fingerprint density at radius 2 is 1.90 bits per heavy atom. The first-order valence-electron chi connectivity index (χ1n) is 6.06. The Morgan fingerprint density at radius 1 is 1.24 bits per heavy atom. The third-order valence-electron chi connectivity index (χ3n) is 2.80. The monoisotopic (exact) mass is 322 g/mol. The normalized spacial score (nSPS) is 11.2. The molecule has 0 saturated heterocycles. The first kappa shape index (κ1) is 15.6. The fraction of sp³-hybridized carbons (Fsp3) is 0.143. The summed E-state index contributed by atoms with van der Waals surface area (Å²) in [6.07, 6.45) is 0. The van der Waals surface area contributed by atoms with Crippen LogP contribution < -0.4 is 5.30 Å². The number of nitro benzene ring substituents is 1. The lowest BCUT2D eigenvalue weighted by molar-refractivity contribution is -0.383. The van der Waals surface area contributed by atoms with E-state index in [2.05, 4.69) is 0 Å². The number of hydrogen-bond acceptors (Lipinski definition) is 5. The third kappa shape index (κ3) is 3.67. The van der Waals surface area contributed by atoms with Gasteiger partial charge in [-0.2, -0.15) is 0 Å². The topological polar surface area (TPSA) is 69.4 Å². The molecule has 0 aliphatic carbocycles. The molecule has 108 valence electrons. The summed E-state index contributed by atoms with van der Waals surface area (Å²) in [5.74, 6) is 0. The van der Waals surface area contributed by atoms with Gasteiger partial charge >= 0.3 is 19.0 Å². The maximum Gasteiger partial charge on any atom is 0.555 e. The van der Waals surface area contributed by atoms with Crippen molar-refractivity contribution in [2.45, 2.75) is 16.7 Å². The Kier molecular flexibility index (Phi) is 5.07. The molecule has 0 spiro atoms. The fourth-order valence-corrected chi connectivity index (χ4v) is 3.57. The summed E-state index contributed by atoms with van der Waals surface area (Å²) in [6, 6.07) is 12.7. The fourth-order valence-electron chi connectivity index (χ4n) is 1.78. The zero-order valence-electron chi connectivity index (χ0n) is 11.5. The van der Waals surface area contributed by atoms with Crippen LogP contribution in [0.4, 0.5) is 5.69 Å². The number of hydrogen-bond donors (Lipinski definition) is 0. The minimum absolute atomic E-state index is 0.113. The Morgan fingerprint density at radius 3 is 2.48 bits per heavy atom. The van der Waals surface area contributed by atoms with Crippen LogP contribution in [0, 0.1) is 17.0 Å². The molecular formula is C14H13NO4PS+. The molecule has 2 aromatic carbocycles. The molecule has 0 aliphatic heterocycles. The van der Waals surface area contributed by atoms with Crippen molar-refractivity contribution in [1.82, 2.24) is 0 Å². The Balaban J connectivity index is 2.48. The van der Waals surface area contributed by atoms with Crippen LogP contribution in [0.2, 0.25) is 0 Å². The van der Waals surface area contributed by atoms with Crippen LogP contribution in [0.1, 0.15) is 5.56 Å². The molecule has 1 atom stereocenters. The second kappa shape index (κ2) is 6.80. The van der Waals surface area contributed by atoms with Crippen LogP contribution in [0.3, 0.4) is 0 Å². The van der Waals surface area contributed by atoms with Crippen LogP contribution in [-0.2, 0) is 9.09 Å². The lowest BCUT2D eigenvalue weighted by Crippen LogP contribution is -2.07. The maximum absolute atomic E-state index is 11.9. The Labute approximate surface area is 127 Å². The van der Waals surface area contributed by atoms with Crippen molar-refractivity contribution in [2.75, 3.05) is 7.11 Å². The number of nitro groups is 1. The van der Waals surface area contributed by atoms with E-state index >= 15 is 0 Å². The minimum Gasteiger partial charge on any atom is -0.258 e. The number of benzene rings is 2. The molecule has 0 aliphatic rings. The number of nitrogens with zero attached hydrogens (tertiary/aromatic N) is 1. The molecule has 21 heavy (non-hydrogen) atoms. The molecule has 0 aromatic heterocycles. The average Bonchev–Trinajstić information content (AvgIpc) is 2.49. The van der Waals surface area contributed by atoms with Crippen LogP contribution in [0.15, 0.2) is 52.3 Å². The van der Waals surface area contributed by atoms with Crippen molar-refractivity contribution in [3.63, 3.8) is 0 Å². The van der Waals surface area contributed by atoms with Crippen LogP contribution in [0.5, 0.6) is 0 Å². The highest BCUT2D eigenvalue weighted by Gasteiger charge is 2.33. The molecule has 0 heterocycles. The van der Waals surface area contributed by atoms with Crippen LogP contribution >= 0.6 is 19.8 Å². The molecule has 5 nitrogen and oxygen atoms in total. The molecule has 2 rings (SSSR count). The summed E-state index contributed by atoms with van der Waals surface area (Å²) in [6.45, 7) is 1.79. The molecule has 0 N–H and O–H groups in total. The number of rotatable bonds is 5. The molecule has 0 bridgehead atoms. The van der Waals surface area contributed by atoms with Crippen molar-refractivity contribution < 1.29 is 14.0 Å². The van der Waals surface area contributed by atoms with Crippen LogP contribution in [-0.4, -0.2) is 12.0 Å². The Bertz CT molecular complexity index is 691. The quantitative estimate of drug-likeness (QED) is 0.471. The van der Waals surface area contributed by atoms with Gasteiger partial charge in [0, 0.05) is 21.9 Å². The highest BCUT2D eigenvalue weighted by molar-refractivity contribution is 7.99. The molecule has 2 aromatic rings. The smallest absolute Gasteiger partial charge is 0.258 e. The van der Waals surface area contributed by atoms with Gasteiger partial charge in [0.15, 0.2) is 0 Å². The molecule has 1 unspecified atom stereocenters. The van der Waals surface area contributed by atoms with E-state index in [1.54, 1.807) is 13.0 Å². The predicted octanol–water partition coefficient (Wildman–Crippen LogP) is 4.07. The van der Waals surface area contributed by atoms with Gasteiger partial charge in [-0.3, -0.25) is 10.1 Å². The van der Waals surface area contributed by atoms with Crippen molar-refractivity contribution in [3.8, 4) is 0 Å². The average molecular weight is 322 g/mol. The van der Waals surface area contributed by atoms with E-state index in [-0.39, 0.29) is 11.0 Å². The van der Waals surface area contributed by atoms with Gasteiger partial charge in [0.25, 0.3) is 0 Å². The zero-order chi connectivity index (χ0) is 15.4. The summed E-state index contributed by atoms with van der Waals surface area (Å²) in [4.78, 5) is 12.4. The summed E-state index contributed by atoms with van der Waals surface area (Å²) in [5, 5.41) is 11.2. The van der Waals surface area contributed by atoms with Crippen molar-refractivity contribution in [3.05, 3.63) is 58.1 Å². The van der Waals surface area contributed by atoms with Gasteiger partial charge in [0.05, 0.1) is 12.0 Å². The zero-order valence-corrected chi connectivity index (χ0v) is 13.2. The van der Waals surface area contributed by atoms with Gasteiger partial charge in [-0.25, -0.2) is 0 Å².